The first-order valence-corrected chi connectivity index (χ1v) is 41.2. The van der Waals surface area contributed by atoms with E-state index in [-0.39, 0.29) is 19.3 Å². The van der Waals surface area contributed by atoms with E-state index < -0.39 is 91.5 Å². The van der Waals surface area contributed by atoms with Crippen LogP contribution in [0.1, 0.15) is 316 Å². The lowest BCUT2D eigenvalue weighted by Gasteiger charge is -2.21. The Morgan fingerprint density at radius 3 is 0.897 bits per heavy atom. The van der Waals surface area contributed by atoms with Gasteiger partial charge in [0.2, 0.25) is 0 Å². The molecule has 97 heavy (non-hydrogen) atoms. The molecule has 0 spiro atoms. The monoisotopic (exact) mass is 1400 g/mol. The predicted octanol–water partition coefficient (Wildman–Crippen LogP) is 22.0. The van der Waals surface area contributed by atoms with Crippen molar-refractivity contribution in [3.8, 4) is 0 Å². The molecule has 0 aliphatic rings. The fourth-order valence-electron chi connectivity index (χ4n) is 10.1. The first-order valence-electron chi connectivity index (χ1n) is 38.2. The molecule has 0 amide bonds. The van der Waals surface area contributed by atoms with Crippen LogP contribution in [0.25, 0.3) is 0 Å². The molecule has 0 heterocycles. The molecule has 0 aliphatic heterocycles. The second kappa shape index (κ2) is 72.0. The number of hydrogen-bond acceptors (Lipinski definition) is 14. The Balaban J connectivity index is 4.48. The van der Waals surface area contributed by atoms with Gasteiger partial charge in [-0.2, -0.15) is 0 Å². The van der Waals surface area contributed by atoms with E-state index in [1.165, 1.54) is 109 Å². The van der Waals surface area contributed by atoms with E-state index in [0.29, 0.717) is 19.3 Å². The molecule has 0 fully saturated rings. The second-order valence-electron chi connectivity index (χ2n) is 25.4. The van der Waals surface area contributed by atoms with Gasteiger partial charge in [-0.25, -0.2) is 9.13 Å². The molecular weight excluding hydrogens is 1270 g/mol. The zero-order chi connectivity index (χ0) is 70.9. The number of allylic oxidation sites excluding steroid dienone is 18. The third kappa shape index (κ3) is 73.3. The Morgan fingerprint density at radius 2 is 0.546 bits per heavy atom. The SMILES string of the molecule is CC/C=C\C/C=C\C/C=C\C/C=C\CCCCCCCCC(=O)OCC(COP(=O)(O)OCC(O)COP(=O)(O)OCC(O)COC(=O)CCCCCCCCCCCCCCC/C=C\C/C=C\C/C=C\C/C=C\CCCCC)OC(=O)CCCCCCC/C=C\CCCCCC. The fourth-order valence-corrected chi connectivity index (χ4v) is 11.7. The molecule has 0 radical (unpaired) electrons. The molecule has 5 atom stereocenters. The van der Waals surface area contributed by atoms with Crippen molar-refractivity contribution in [3.63, 3.8) is 0 Å². The number of aliphatic hydroxyl groups excluding tert-OH is 2. The zero-order valence-electron chi connectivity index (χ0n) is 61.0. The van der Waals surface area contributed by atoms with Gasteiger partial charge in [0.25, 0.3) is 0 Å². The molecule has 0 aliphatic carbocycles. The van der Waals surface area contributed by atoms with E-state index >= 15 is 0 Å². The summed E-state index contributed by atoms with van der Waals surface area (Å²) in [7, 11) is -9.79. The molecular formula is C79H138O16P2. The van der Waals surface area contributed by atoms with Gasteiger partial charge in [-0.05, 0) is 128 Å². The minimum atomic E-state index is -4.93. The van der Waals surface area contributed by atoms with Crippen molar-refractivity contribution in [3.05, 3.63) is 109 Å². The summed E-state index contributed by atoms with van der Waals surface area (Å²) in [5.74, 6) is -1.60. The third-order valence-corrected chi connectivity index (χ3v) is 17.9. The number of unbranched alkanes of at least 4 members (excludes halogenated alkanes) is 31. The molecule has 0 aromatic carbocycles. The summed E-state index contributed by atoms with van der Waals surface area (Å²) in [5.41, 5.74) is 0. The van der Waals surface area contributed by atoms with Crippen molar-refractivity contribution < 1.29 is 75.8 Å². The lowest BCUT2D eigenvalue weighted by molar-refractivity contribution is -0.161. The number of rotatable bonds is 72. The number of carbonyl (C=O) groups excluding carboxylic acids is 3. The molecule has 0 saturated heterocycles. The van der Waals surface area contributed by atoms with Crippen LogP contribution in [0.5, 0.6) is 0 Å². The number of esters is 3. The van der Waals surface area contributed by atoms with Crippen molar-refractivity contribution in [2.45, 2.75) is 334 Å². The van der Waals surface area contributed by atoms with Gasteiger partial charge >= 0.3 is 33.6 Å². The van der Waals surface area contributed by atoms with Crippen molar-refractivity contribution >= 4 is 33.6 Å². The van der Waals surface area contributed by atoms with Gasteiger partial charge in [-0.3, -0.25) is 32.5 Å². The van der Waals surface area contributed by atoms with Crippen LogP contribution < -0.4 is 0 Å². The van der Waals surface area contributed by atoms with Crippen molar-refractivity contribution in [1.82, 2.24) is 0 Å². The van der Waals surface area contributed by atoms with Crippen molar-refractivity contribution in [1.29, 1.82) is 0 Å². The fraction of sp³-hybridized carbons (Fsp3) is 0.734. The van der Waals surface area contributed by atoms with Crippen LogP contribution in [0.15, 0.2) is 109 Å². The van der Waals surface area contributed by atoms with Crippen LogP contribution in [0.3, 0.4) is 0 Å². The van der Waals surface area contributed by atoms with E-state index in [1.807, 2.05) is 0 Å². The lowest BCUT2D eigenvalue weighted by atomic mass is 10.0. The topological polar surface area (TPSA) is 231 Å². The Kier molecular flexibility index (Phi) is 69.2. The molecule has 0 saturated carbocycles. The van der Waals surface area contributed by atoms with Gasteiger partial charge in [0.05, 0.1) is 26.4 Å². The maximum absolute atomic E-state index is 12.9. The predicted molar refractivity (Wildman–Crippen MR) is 399 cm³/mol. The Morgan fingerprint density at radius 1 is 0.299 bits per heavy atom. The summed E-state index contributed by atoms with van der Waals surface area (Å²) in [5, 5.41) is 20.6. The highest BCUT2D eigenvalue weighted by molar-refractivity contribution is 7.47. The molecule has 0 bridgehead atoms. The second-order valence-corrected chi connectivity index (χ2v) is 28.3. The highest BCUT2D eigenvalue weighted by Gasteiger charge is 2.29. The summed E-state index contributed by atoms with van der Waals surface area (Å²) in [4.78, 5) is 58.5. The van der Waals surface area contributed by atoms with Crippen LogP contribution >= 0.6 is 15.6 Å². The zero-order valence-corrected chi connectivity index (χ0v) is 62.8. The molecule has 18 heteroatoms. The van der Waals surface area contributed by atoms with Gasteiger partial charge in [0, 0.05) is 19.3 Å². The summed E-state index contributed by atoms with van der Waals surface area (Å²) < 4.78 is 61.0. The highest BCUT2D eigenvalue weighted by atomic mass is 31.2. The maximum Gasteiger partial charge on any atom is 0.472 e. The molecule has 560 valence electrons. The minimum absolute atomic E-state index is 0.0904. The maximum atomic E-state index is 12.9. The van der Waals surface area contributed by atoms with E-state index in [9.17, 15) is 43.5 Å². The Hall–Kier alpha value is -3.79. The van der Waals surface area contributed by atoms with Crippen LogP contribution in [0.4, 0.5) is 0 Å². The van der Waals surface area contributed by atoms with Crippen LogP contribution in [-0.4, -0.2) is 95.9 Å². The summed E-state index contributed by atoms with van der Waals surface area (Å²) >= 11 is 0. The van der Waals surface area contributed by atoms with Gasteiger partial charge in [0.15, 0.2) is 6.10 Å². The summed E-state index contributed by atoms with van der Waals surface area (Å²) in [6.07, 6.45) is 82.9. The van der Waals surface area contributed by atoms with Crippen LogP contribution in [-0.2, 0) is 55.8 Å². The van der Waals surface area contributed by atoms with Crippen molar-refractivity contribution in [2.24, 2.45) is 0 Å². The highest BCUT2D eigenvalue weighted by Crippen LogP contribution is 2.45. The Bertz CT molecular complexity index is 2200. The number of aliphatic hydroxyl groups is 2. The van der Waals surface area contributed by atoms with E-state index in [0.717, 1.165) is 148 Å². The van der Waals surface area contributed by atoms with E-state index in [1.54, 1.807) is 0 Å². The standard InChI is InChI=1S/C79H138O16P2/c1-4-7-10-13-16-19-22-25-27-29-31-32-33-34-35-36-37-38-39-40-42-44-45-48-50-53-56-59-62-65-77(82)89-68-74(80)69-91-96(85,86)92-70-75(81)71-93-97(87,88)94-73-76(95-79(84)67-64-61-58-55-52-47-24-21-18-15-12-9-6-3)72-90-78(83)66-63-60-57-54-51-49-46-43-41-30-28-26-23-20-17-14-11-8-5-2/h8,11,16-17,19-21,24-28,31-32,34-35,41,43,74-76,80-81H,4-7,9-10,12-15,18,22-23,29-30,33,36-40,42,44-73H2,1-3H3,(H,85,86)(H,87,88)/b11-8-,19-16-,20-17-,24-21-,27-25-,28-26-,32-31-,35-34-,43-41-. The third-order valence-electron chi connectivity index (χ3n) is 16.0. The normalized spacial score (nSPS) is 14.7. The van der Waals surface area contributed by atoms with E-state index in [2.05, 4.69) is 130 Å². The first-order chi connectivity index (χ1) is 47.2. The summed E-state index contributed by atoms with van der Waals surface area (Å²) in [6, 6.07) is 0. The Labute approximate surface area is 590 Å². The van der Waals surface area contributed by atoms with Gasteiger partial charge < -0.3 is 34.2 Å². The van der Waals surface area contributed by atoms with Crippen LogP contribution in [0.2, 0.25) is 0 Å². The quantitative estimate of drug-likeness (QED) is 0.0146. The van der Waals surface area contributed by atoms with Gasteiger partial charge in [0.1, 0.15) is 25.4 Å². The number of phosphoric acid groups is 2. The molecule has 0 aromatic rings. The largest absolute Gasteiger partial charge is 0.472 e. The number of carbonyl (C=O) groups is 3. The summed E-state index contributed by atoms with van der Waals surface area (Å²) in [6.45, 7) is 2.51. The molecule has 4 N–H and O–H groups in total. The smallest absolute Gasteiger partial charge is 0.463 e. The molecule has 5 unspecified atom stereocenters. The average Bonchev–Trinajstić information content (AvgIpc) is 2.57. The van der Waals surface area contributed by atoms with Gasteiger partial charge in [-0.15, -0.1) is 0 Å². The molecule has 0 rings (SSSR count). The van der Waals surface area contributed by atoms with Crippen molar-refractivity contribution in [2.75, 3.05) is 39.6 Å². The molecule has 0 aromatic heterocycles. The first kappa shape index (κ1) is 93.2. The van der Waals surface area contributed by atoms with E-state index in [4.69, 9.17) is 32.3 Å². The number of phosphoric ester groups is 2. The molecule has 16 nitrogen and oxygen atoms in total. The van der Waals surface area contributed by atoms with Crippen LogP contribution in [0, 0.1) is 0 Å². The number of hydrogen-bond donors (Lipinski definition) is 4. The lowest BCUT2D eigenvalue weighted by Crippen LogP contribution is -2.30. The minimum Gasteiger partial charge on any atom is -0.463 e. The average molecular weight is 1410 g/mol. The van der Waals surface area contributed by atoms with Gasteiger partial charge in [-0.1, -0.05) is 278 Å². The number of ether oxygens (including phenoxy) is 3.